The maximum atomic E-state index is 15.3. The van der Waals surface area contributed by atoms with Crippen LogP contribution in [-0.2, 0) is 10.7 Å². The number of nitrogens with one attached hydrogen (secondary N) is 1. The van der Waals surface area contributed by atoms with Crippen LogP contribution in [0.15, 0.2) is 79.0 Å². The highest BCUT2D eigenvalue weighted by molar-refractivity contribution is 6.13. The number of hydrogen-bond acceptors (Lipinski definition) is 7. The third-order valence-corrected chi connectivity index (χ3v) is 8.12. The van der Waals surface area contributed by atoms with Gasteiger partial charge in [-0.1, -0.05) is 42.5 Å². The van der Waals surface area contributed by atoms with Crippen LogP contribution in [0, 0.1) is 11.3 Å². The van der Waals surface area contributed by atoms with E-state index in [-0.39, 0.29) is 59.2 Å². The predicted molar refractivity (Wildman–Crippen MR) is 159 cm³/mol. The first kappa shape index (κ1) is 29.5. The number of carbonyl (C=O) groups is 3. The van der Waals surface area contributed by atoms with E-state index in [4.69, 9.17) is 10.5 Å². The first-order chi connectivity index (χ1) is 21.7. The van der Waals surface area contributed by atoms with Crippen LogP contribution in [0.1, 0.15) is 43.6 Å². The van der Waals surface area contributed by atoms with Gasteiger partial charge in [-0.15, -0.1) is 0 Å². The Morgan fingerprint density at radius 1 is 1.07 bits per heavy atom. The SMILES string of the molecule is COc1ccc(C(=O)Nc2cnn3c2C(=O)N(c2ccc(C(F)(F)c4ccccc4)cc2)[C@H]2CN(C(=O)CN)C[C@@H]23)cc1C#N. The number of rotatable bonds is 7. The number of carbonyl (C=O) groups excluding carboxylic acids is 3. The maximum absolute atomic E-state index is 15.3. The Hall–Kier alpha value is -5.61. The summed E-state index contributed by atoms with van der Waals surface area (Å²) in [5.41, 5.74) is 6.02. The predicted octanol–water partition coefficient (Wildman–Crippen LogP) is 3.53. The van der Waals surface area contributed by atoms with Gasteiger partial charge in [0.2, 0.25) is 5.91 Å². The van der Waals surface area contributed by atoms with E-state index in [1.807, 2.05) is 6.07 Å². The van der Waals surface area contributed by atoms with Crippen molar-refractivity contribution in [2.45, 2.75) is 18.0 Å². The smallest absolute Gasteiger partial charge is 0.298 e. The molecule has 3 amide bonds. The Morgan fingerprint density at radius 2 is 1.76 bits per heavy atom. The molecule has 3 aromatic carbocycles. The van der Waals surface area contributed by atoms with Crippen LogP contribution in [0.4, 0.5) is 20.2 Å². The van der Waals surface area contributed by atoms with E-state index in [2.05, 4.69) is 10.4 Å². The minimum atomic E-state index is -3.27. The molecule has 0 aliphatic carbocycles. The molecule has 6 rings (SSSR count). The topological polar surface area (TPSA) is 147 Å². The first-order valence-corrected chi connectivity index (χ1v) is 14.0. The monoisotopic (exact) mass is 611 g/mol. The Bertz CT molecular complexity index is 1840. The number of nitriles is 1. The summed E-state index contributed by atoms with van der Waals surface area (Å²) < 4.78 is 37.2. The van der Waals surface area contributed by atoms with E-state index in [0.717, 1.165) is 0 Å². The third kappa shape index (κ3) is 5.04. The van der Waals surface area contributed by atoms with Crippen molar-refractivity contribution in [3.05, 3.63) is 107 Å². The summed E-state index contributed by atoms with van der Waals surface area (Å²) in [5.74, 6) is -4.41. The highest BCUT2D eigenvalue weighted by Crippen LogP contribution is 2.40. The first-order valence-electron chi connectivity index (χ1n) is 14.0. The fourth-order valence-electron chi connectivity index (χ4n) is 5.86. The molecule has 11 nitrogen and oxygen atoms in total. The number of hydrogen-bond donors (Lipinski definition) is 2. The molecule has 4 aromatic rings. The summed E-state index contributed by atoms with van der Waals surface area (Å²) in [6, 6.07) is 18.1. The standard InChI is InChI=1S/C32H27F2N7O4/c1-45-27-12-7-19(13-20(27)14-35)30(43)38-24-16-37-41-26-18-39(28(42)15-36)17-25(26)40(31(44)29(24)41)23-10-8-22(9-11-23)32(33,34)21-5-3-2-4-6-21/h2-13,16,25-26H,15,17-18,36H2,1H3,(H,38,43)/t25-,26-/m0/s1. The molecule has 2 atom stereocenters. The van der Waals surface area contributed by atoms with Crippen molar-refractivity contribution in [1.82, 2.24) is 14.7 Å². The van der Waals surface area contributed by atoms with Gasteiger partial charge in [0.15, 0.2) is 5.69 Å². The second-order valence-corrected chi connectivity index (χ2v) is 10.6. The van der Waals surface area contributed by atoms with Crippen molar-refractivity contribution in [2.75, 3.05) is 37.0 Å². The summed E-state index contributed by atoms with van der Waals surface area (Å²) in [6.07, 6.45) is 1.34. The summed E-state index contributed by atoms with van der Waals surface area (Å²) in [7, 11) is 1.41. The zero-order valence-electron chi connectivity index (χ0n) is 24.0. The number of aromatic nitrogens is 2. The van der Waals surface area contributed by atoms with E-state index >= 15 is 8.78 Å². The number of alkyl halides is 2. The molecule has 1 aromatic heterocycles. The largest absolute Gasteiger partial charge is 0.495 e. The number of fused-ring (bicyclic) bond motifs is 3. The van der Waals surface area contributed by atoms with Crippen molar-refractivity contribution in [3.8, 4) is 11.8 Å². The molecule has 3 heterocycles. The van der Waals surface area contributed by atoms with Gasteiger partial charge in [-0.25, -0.2) is 0 Å². The molecule has 0 unspecified atom stereocenters. The van der Waals surface area contributed by atoms with Crippen LogP contribution in [-0.4, -0.2) is 65.2 Å². The minimum absolute atomic E-state index is 0.0550. The highest BCUT2D eigenvalue weighted by Gasteiger charge is 2.49. The summed E-state index contributed by atoms with van der Waals surface area (Å²) in [4.78, 5) is 43.0. The number of amides is 3. The average molecular weight is 612 g/mol. The number of likely N-dealkylation sites (tertiary alicyclic amines) is 1. The van der Waals surface area contributed by atoms with Gasteiger partial charge in [-0.3, -0.25) is 24.0 Å². The number of methoxy groups -OCH3 is 1. The molecular formula is C32H27F2N7O4. The van der Waals surface area contributed by atoms with Gasteiger partial charge in [0.1, 0.15) is 11.8 Å². The molecule has 228 valence electrons. The molecule has 45 heavy (non-hydrogen) atoms. The van der Waals surface area contributed by atoms with Crippen molar-refractivity contribution in [2.24, 2.45) is 5.73 Å². The zero-order chi connectivity index (χ0) is 31.9. The van der Waals surface area contributed by atoms with Gasteiger partial charge in [-0.05, 0) is 30.3 Å². The van der Waals surface area contributed by atoms with Gasteiger partial charge in [0.05, 0.1) is 43.2 Å². The fourth-order valence-corrected chi connectivity index (χ4v) is 5.86. The highest BCUT2D eigenvalue weighted by atomic mass is 19.3. The molecule has 1 saturated heterocycles. The van der Waals surface area contributed by atoms with Crippen molar-refractivity contribution >= 4 is 29.1 Å². The van der Waals surface area contributed by atoms with Crippen LogP contribution in [0.25, 0.3) is 0 Å². The van der Waals surface area contributed by atoms with Crippen LogP contribution in [0.3, 0.4) is 0 Å². The normalized spacial score (nSPS) is 17.4. The van der Waals surface area contributed by atoms with Gasteiger partial charge >= 0.3 is 0 Å². The summed E-state index contributed by atoms with van der Waals surface area (Å²) >= 11 is 0. The van der Waals surface area contributed by atoms with Gasteiger partial charge < -0.3 is 20.7 Å². The Balaban J connectivity index is 1.36. The lowest BCUT2D eigenvalue weighted by Crippen LogP contribution is -2.51. The molecule has 0 spiro atoms. The molecule has 0 radical (unpaired) electrons. The van der Waals surface area contributed by atoms with Crippen LogP contribution in [0.2, 0.25) is 0 Å². The second kappa shape index (κ2) is 11.5. The molecule has 0 bridgehead atoms. The number of ether oxygens (including phenoxy) is 1. The Labute approximate surface area is 256 Å². The van der Waals surface area contributed by atoms with Gasteiger partial charge in [0.25, 0.3) is 17.7 Å². The fraction of sp³-hybridized carbons (Fsp3) is 0.219. The number of benzene rings is 3. The molecule has 13 heteroatoms. The van der Waals surface area contributed by atoms with E-state index in [1.165, 1.54) is 94.5 Å². The summed E-state index contributed by atoms with van der Waals surface area (Å²) in [5, 5.41) is 16.5. The van der Waals surface area contributed by atoms with E-state index in [0.29, 0.717) is 11.4 Å². The zero-order valence-corrected chi connectivity index (χ0v) is 24.0. The molecule has 2 aliphatic heterocycles. The quantitative estimate of drug-likeness (QED) is 0.325. The van der Waals surface area contributed by atoms with Crippen LogP contribution in [0.5, 0.6) is 5.75 Å². The Kier molecular flexibility index (Phi) is 7.51. The van der Waals surface area contributed by atoms with Crippen molar-refractivity contribution in [1.29, 1.82) is 5.26 Å². The van der Waals surface area contributed by atoms with E-state index in [9.17, 15) is 19.6 Å². The molecule has 2 aliphatic rings. The molecular weight excluding hydrogens is 584 g/mol. The number of anilines is 2. The molecule has 1 fully saturated rings. The average Bonchev–Trinajstić information content (AvgIpc) is 3.70. The second-order valence-electron chi connectivity index (χ2n) is 10.6. The number of halogens is 2. The minimum Gasteiger partial charge on any atom is -0.495 e. The number of nitrogens with two attached hydrogens (primary N) is 1. The maximum Gasteiger partial charge on any atom is 0.298 e. The van der Waals surface area contributed by atoms with E-state index < -0.39 is 29.8 Å². The number of nitrogens with zero attached hydrogens (tertiary/aromatic N) is 5. The van der Waals surface area contributed by atoms with Gasteiger partial charge in [0, 0.05) is 35.5 Å². The van der Waals surface area contributed by atoms with Crippen LogP contribution < -0.4 is 20.7 Å². The Morgan fingerprint density at radius 3 is 2.42 bits per heavy atom. The van der Waals surface area contributed by atoms with E-state index in [1.54, 1.807) is 6.07 Å². The van der Waals surface area contributed by atoms with Crippen LogP contribution >= 0.6 is 0 Å². The lowest BCUT2D eigenvalue weighted by molar-refractivity contribution is -0.128. The lowest BCUT2D eigenvalue weighted by Gasteiger charge is -2.37. The third-order valence-electron chi connectivity index (χ3n) is 8.12. The van der Waals surface area contributed by atoms with Gasteiger partial charge in [-0.2, -0.15) is 19.1 Å². The molecule has 3 N–H and O–H groups in total. The van der Waals surface area contributed by atoms with Crippen molar-refractivity contribution in [3.63, 3.8) is 0 Å². The summed E-state index contributed by atoms with van der Waals surface area (Å²) in [6.45, 7) is 0.120. The lowest BCUT2D eigenvalue weighted by atomic mass is 9.99. The molecule has 0 saturated carbocycles. The van der Waals surface area contributed by atoms with Crippen molar-refractivity contribution < 1.29 is 27.9 Å².